The third-order valence-electron chi connectivity index (χ3n) is 8.06. The maximum absolute atomic E-state index is 13.8. The molecule has 0 aliphatic carbocycles. The van der Waals surface area contributed by atoms with Gasteiger partial charge in [-0.2, -0.15) is 0 Å². The maximum Gasteiger partial charge on any atom is 0.255 e. The van der Waals surface area contributed by atoms with E-state index in [2.05, 4.69) is 34.7 Å². The summed E-state index contributed by atoms with van der Waals surface area (Å²) in [4.78, 5) is 41.5. The third-order valence-corrected chi connectivity index (χ3v) is 8.06. The van der Waals surface area contributed by atoms with E-state index in [0.29, 0.717) is 56.8 Å². The van der Waals surface area contributed by atoms with Gasteiger partial charge in [0.15, 0.2) is 0 Å². The lowest BCUT2D eigenvalue weighted by Crippen LogP contribution is -2.54. The number of methoxy groups -OCH3 is 1. The van der Waals surface area contributed by atoms with Crippen molar-refractivity contribution in [1.82, 2.24) is 20.9 Å². The van der Waals surface area contributed by atoms with Gasteiger partial charge in [-0.25, -0.2) is 0 Å². The van der Waals surface area contributed by atoms with Crippen molar-refractivity contribution in [2.75, 3.05) is 39.9 Å². The number of likely N-dealkylation sites (tertiary alicyclic amines) is 1. The lowest BCUT2D eigenvalue weighted by Gasteiger charge is -2.41. The van der Waals surface area contributed by atoms with Gasteiger partial charge in [0.05, 0.1) is 30.7 Å². The van der Waals surface area contributed by atoms with Crippen LogP contribution in [0.15, 0.2) is 60.7 Å². The van der Waals surface area contributed by atoms with E-state index in [9.17, 15) is 14.4 Å². The molecular weight excluding hydrogens is 520 g/mol. The summed E-state index contributed by atoms with van der Waals surface area (Å²) in [5, 5.41) is 9.18. The van der Waals surface area contributed by atoms with Crippen LogP contribution in [0.3, 0.4) is 0 Å². The van der Waals surface area contributed by atoms with Crippen LogP contribution in [0.4, 0.5) is 0 Å². The first-order valence-electron chi connectivity index (χ1n) is 14.4. The molecule has 3 amide bonds. The van der Waals surface area contributed by atoms with E-state index in [-0.39, 0.29) is 42.8 Å². The molecule has 0 bridgehead atoms. The highest BCUT2D eigenvalue weighted by Crippen LogP contribution is 2.36. The first-order chi connectivity index (χ1) is 19.8. The van der Waals surface area contributed by atoms with Crippen LogP contribution in [0.1, 0.15) is 49.0 Å². The summed E-state index contributed by atoms with van der Waals surface area (Å²) < 4.78 is 11.5. The van der Waals surface area contributed by atoms with Gasteiger partial charge in [0.2, 0.25) is 11.8 Å². The predicted molar refractivity (Wildman–Crippen MR) is 158 cm³/mol. The number of fused-ring (bicyclic) bond motifs is 1. The Bertz CT molecular complexity index is 1240. The van der Waals surface area contributed by atoms with Crippen LogP contribution < -0.4 is 25.4 Å². The first-order valence-corrected chi connectivity index (χ1v) is 14.4. The van der Waals surface area contributed by atoms with Crippen molar-refractivity contribution in [3.05, 3.63) is 71.8 Å². The van der Waals surface area contributed by atoms with E-state index >= 15 is 0 Å². The number of ether oxygens (including phenoxy) is 2. The highest BCUT2D eigenvalue weighted by molar-refractivity contribution is 5.97. The van der Waals surface area contributed by atoms with Gasteiger partial charge in [0.25, 0.3) is 5.91 Å². The summed E-state index contributed by atoms with van der Waals surface area (Å²) in [7, 11) is 1.62. The van der Waals surface area contributed by atoms with Gasteiger partial charge >= 0.3 is 0 Å². The summed E-state index contributed by atoms with van der Waals surface area (Å²) in [5.41, 5.74) is 0.801. The van der Waals surface area contributed by atoms with Gasteiger partial charge in [0, 0.05) is 18.7 Å². The number of hydrogen-bond donors (Lipinski definition) is 3. The van der Waals surface area contributed by atoms with Gasteiger partial charge in [0.1, 0.15) is 18.1 Å². The largest absolute Gasteiger partial charge is 0.496 e. The number of nitrogens with zero attached hydrogens (tertiary/aromatic N) is 1. The number of carbonyl (C=O) groups excluding carboxylic acids is 3. The number of nitrogens with one attached hydrogen (secondary N) is 3. The highest BCUT2D eigenvalue weighted by atomic mass is 16.5. The van der Waals surface area contributed by atoms with Gasteiger partial charge in [-0.15, -0.1) is 0 Å². The normalized spacial score (nSPS) is 20.6. The lowest BCUT2D eigenvalue weighted by molar-refractivity contribution is -0.135. The second-order valence-corrected chi connectivity index (χ2v) is 11.2. The van der Waals surface area contributed by atoms with Crippen LogP contribution in [-0.4, -0.2) is 68.6 Å². The molecular formula is C32H42N4O5. The minimum Gasteiger partial charge on any atom is -0.496 e. The quantitative estimate of drug-likeness (QED) is 0.467. The van der Waals surface area contributed by atoms with E-state index in [4.69, 9.17) is 9.47 Å². The monoisotopic (exact) mass is 562 g/mol. The molecule has 1 spiro atoms. The molecule has 3 N–H and O–H groups in total. The minimum absolute atomic E-state index is 0.0131. The smallest absolute Gasteiger partial charge is 0.255 e. The molecule has 2 aromatic rings. The Hall–Kier alpha value is -3.85. The van der Waals surface area contributed by atoms with Crippen LogP contribution in [-0.2, 0) is 16.1 Å². The fraction of sp³-hybridized carbons (Fsp3) is 0.469. The molecule has 2 heterocycles. The maximum atomic E-state index is 13.8. The Kier molecular flexibility index (Phi) is 10.4. The molecule has 220 valence electrons. The molecule has 9 heteroatoms. The van der Waals surface area contributed by atoms with Gasteiger partial charge in [-0.05, 0) is 56.5 Å². The molecule has 0 radical (unpaired) electrons. The van der Waals surface area contributed by atoms with Gasteiger partial charge < -0.3 is 25.4 Å². The number of hydrogen-bond acceptors (Lipinski definition) is 6. The molecule has 1 saturated heterocycles. The van der Waals surface area contributed by atoms with Crippen molar-refractivity contribution < 1.29 is 23.9 Å². The summed E-state index contributed by atoms with van der Waals surface area (Å²) in [5.74, 6) is 1.13. The summed E-state index contributed by atoms with van der Waals surface area (Å²) in [6, 6.07) is 14.6. The first kappa shape index (κ1) is 30.1. The molecule has 0 saturated carbocycles. The number of allylic oxidation sites excluding steroid dienone is 1. The molecule has 41 heavy (non-hydrogen) atoms. The Morgan fingerprint density at radius 1 is 1.10 bits per heavy atom. The number of amides is 3. The van der Waals surface area contributed by atoms with Crippen molar-refractivity contribution in [2.45, 2.75) is 45.7 Å². The van der Waals surface area contributed by atoms with Crippen molar-refractivity contribution >= 4 is 17.7 Å². The number of carbonyl (C=O) groups is 3. The minimum atomic E-state index is -0.597. The molecule has 0 aromatic heterocycles. The average molecular weight is 563 g/mol. The van der Waals surface area contributed by atoms with E-state index in [1.165, 1.54) is 0 Å². The summed E-state index contributed by atoms with van der Waals surface area (Å²) >= 11 is 0. The predicted octanol–water partition coefficient (Wildman–Crippen LogP) is 3.30. The van der Waals surface area contributed by atoms with Gasteiger partial charge in [-0.3, -0.25) is 19.3 Å². The number of piperidine rings is 1. The van der Waals surface area contributed by atoms with Crippen molar-refractivity contribution in [2.24, 2.45) is 11.3 Å². The fourth-order valence-corrected chi connectivity index (χ4v) is 5.29. The Balaban J connectivity index is 1.40. The Morgan fingerprint density at radius 3 is 2.59 bits per heavy atom. The molecule has 1 fully saturated rings. The fourth-order valence-electron chi connectivity index (χ4n) is 5.29. The molecule has 0 unspecified atom stereocenters. The SMILES string of the molecule is COc1ccccc1CNC(=O)CN1CCC2(C/C=C/CNC(=O)c3ccccc3OC[C@@H](C(C)C)NC2=O)CC1. The van der Waals surface area contributed by atoms with E-state index < -0.39 is 5.41 Å². The molecule has 2 aromatic carbocycles. The van der Waals surface area contributed by atoms with Crippen LogP contribution in [0.25, 0.3) is 0 Å². The van der Waals surface area contributed by atoms with Crippen molar-refractivity contribution in [3.8, 4) is 11.5 Å². The Morgan fingerprint density at radius 2 is 1.83 bits per heavy atom. The van der Waals surface area contributed by atoms with Crippen LogP contribution in [0.5, 0.6) is 11.5 Å². The molecule has 1 atom stereocenters. The van der Waals surface area contributed by atoms with Gasteiger partial charge in [-0.1, -0.05) is 56.3 Å². The molecule has 2 aliphatic heterocycles. The lowest BCUT2D eigenvalue weighted by atomic mass is 9.74. The van der Waals surface area contributed by atoms with Crippen LogP contribution in [0.2, 0.25) is 0 Å². The zero-order chi connectivity index (χ0) is 29.2. The molecule has 9 nitrogen and oxygen atoms in total. The molecule has 2 aliphatic rings. The summed E-state index contributed by atoms with van der Waals surface area (Å²) in [6.07, 6.45) is 5.71. The van der Waals surface area contributed by atoms with E-state index in [1.54, 1.807) is 19.2 Å². The number of rotatable bonds is 6. The topological polar surface area (TPSA) is 109 Å². The second-order valence-electron chi connectivity index (χ2n) is 11.2. The van der Waals surface area contributed by atoms with E-state index in [0.717, 1.165) is 11.3 Å². The summed E-state index contributed by atoms with van der Waals surface area (Å²) in [6.45, 7) is 6.66. The average Bonchev–Trinajstić information content (AvgIpc) is 2.98. The molecule has 4 rings (SSSR count). The zero-order valence-electron chi connectivity index (χ0n) is 24.3. The van der Waals surface area contributed by atoms with Crippen LogP contribution >= 0.6 is 0 Å². The van der Waals surface area contributed by atoms with Crippen molar-refractivity contribution in [1.29, 1.82) is 0 Å². The number of benzene rings is 2. The second kappa shape index (κ2) is 14.2. The zero-order valence-corrected chi connectivity index (χ0v) is 24.3. The third kappa shape index (κ3) is 7.88. The van der Waals surface area contributed by atoms with Crippen molar-refractivity contribution in [3.63, 3.8) is 0 Å². The van der Waals surface area contributed by atoms with Crippen LogP contribution in [0, 0.1) is 11.3 Å². The highest BCUT2D eigenvalue weighted by Gasteiger charge is 2.41. The van der Waals surface area contributed by atoms with E-state index in [1.807, 2.05) is 48.6 Å². The Labute approximate surface area is 242 Å². The number of para-hydroxylation sites is 2. The standard InChI is InChI=1S/C32H42N4O5/c1-23(2)26-22-41-28-13-7-5-11-25(28)30(38)33-17-9-8-14-32(31(39)35-26)15-18-36(19-16-32)21-29(37)34-20-24-10-4-6-12-27(24)40-3/h4-13,23,26H,14-22H2,1-3H3,(H,33,38)(H,34,37)(H,35,39)/b9-8+/t26-/m0/s1.